The molecule has 0 aromatic heterocycles. The van der Waals surface area contributed by atoms with E-state index >= 15 is 0 Å². The summed E-state index contributed by atoms with van der Waals surface area (Å²) in [5.41, 5.74) is 4.67. The van der Waals surface area contributed by atoms with Gasteiger partial charge in [0.15, 0.2) is 0 Å². The summed E-state index contributed by atoms with van der Waals surface area (Å²) in [7, 11) is 0. The minimum Gasteiger partial charge on any atom is -0.508 e. The number of carbonyl (C=O) groups is 1. The molecule has 0 unspecified atom stereocenters. The molecule has 0 spiro atoms. The summed E-state index contributed by atoms with van der Waals surface area (Å²) < 4.78 is 0. The number of nitrogens with one attached hydrogen (secondary N) is 2. The number of hydrogen-bond donors (Lipinski definition) is 3. The second kappa shape index (κ2) is 5.58. The Labute approximate surface area is 123 Å². The molecule has 0 fully saturated rings. The van der Waals surface area contributed by atoms with Crippen molar-refractivity contribution in [2.75, 3.05) is 11.9 Å². The standard InChI is InChI=1S/C17H18N2O2/c1-11-9-13(20)5-6-14(11)17(21)19-16-4-2-3-12-10-18-8-7-15(12)16/h2-6,9,18,20H,7-8,10H2,1H3,(H,19,21). The summed E-state index contributed by atoms with van der Waals surface area (Å²) in [6.45, 7) is 3.59. The van der Waals surface area contributed by atoms with Crippen molar-refractivity contribution in [1.82, 2.24) is 5.32 Å². The highest BCUT2D eigenvalue weighted by molar-refractivity contribution is 6.05. The molecule has 0 radical (unpaired) electrons. The average Bonchev–Trinajstić information content (AvgIpc) is 2.47. The maximum Gasteiger partial charge on any atom is 0.255 e. The Balaban J connectivity index is 1.88. The number of fused-ring (bicyclic) bond motifs is 1. The highest BCUT2D eigenvalue weighted by Crippen LogP contribution is 2.24. The van der Waals surface area contributed by atoms with Crippen molar-refractivity contribution in [3.8, 4) is 5.75 Å². The van der Waals surface area contributed by atoms with E-state index in [4.69, 9.17) is 0 Å². The predicted molar refractivity (Wildman–Crippen MR) is 82.6 cm³/mol. The van der Waals surface area contributed by atoms with Crippen LogP contribution in [0.2, 0.25) is 0 Å². The van der Waals surface area contributed by atoms with Gasteiger partial charge in [0.2, 0.25) is 0 Å². The van der Waals surface area contributed by atoms with Gasteiger partial charge in [-0.25, -0.2) is 0 Å². The van der Waals surface area contributed by atoms with E-state index in [9.17, 15) is 9.90 Å². The molecule has 0 bridgehead atoms. The topological polar surface area (TPSA) is 61.4 Å². The van der Waals surface area contributed by atoms with E-state index < -0.39 is 0 Å². The number of phenolic OH excluding ortho intramolecular Hbond substituents is 1. The van der Waals surface area contributed by atoms with Crippen LogP contribution in [-0.2, 0) is 13.0 Å². The zero-order valence-corrected chi connectivity index (χ0v) is 11.9. The Morgan fingerprint density at radius 3 is 2.95 bits per heavy atom. The summed E-state index contributed by atoms with van der Waals surface area (Å²) in [5, 5.41) is 15.8. The van der Waals surface area contributed by atoms with Crippen molar-refractivity contribution in [3.63, 3.8) is 0 Å². The van der Waals surface area contributed by atoms with E-state index in [1.807, 2.05) is 19.1 Å². The van der Waals surface area contributed by atoms with Crippen LogP contribution < -0.4 is 10.6 Å². The van der Waals surface area contributed by atoms with E-state index in [2.05, 4.69) is 16.7 Å². The largest absolute Gasteiger partial charge is 0.508 e. The molecular weight excluding hydrogens is 264 g/mol. The monoisotopic (exact) mass is 282 g/mol. The number of aromatic hydroxyl groups is 1. The molecule has 1 amide bonds. The van der Waals surface area contributed by atoms with E-state index in [-0.39, 0.29) is 11.7 Å². The Hall–Kier alpha value is -2.33. The van der Waals surface area contributed by atoms with E-state index in [0.29, 0.717) is 5.56 Å². The number of rotatable bonds is 2. The Morgan fingerprint density at radius 2 is 2.14 bits per heavy atom. The third-order valence-corrected chi connectivity index (χ3v) is 3.84. The van der Waals surface area contributed by atoms with E-state index in [1.165, 1.54) is 17.2 Å². The number of carbonyl (C=O) groups excluding carboxylic acids is 1. The fraction of sp³-hybridized carbons (Fsp3) is 0.235. The van der Waals surface area contributed by atoms with Gasteiger partial charge in [0, 0.05) is 17.8 Å². The lowest BCUT2D eigenvalue weighted by molar-refractivity contribution is 0.102. The maximum atomic E-state index is 12.4. The molecule has 0 saturated heterocycles. The van der Waals surface area contributed by atoms with Gasteiger partial charge in [-0.3, -0.25) is 4.79 Å². The normalized spacial score (nSPS) is 13.6. The number of benzene rings is 2. The lowest BCUT2D eigenvalue weighted by Gasteiger charge is -2.20. The molecule has 2 aromatic carbocycles. The second-order valence-corrected chi connectivity index (χ2v) is 5.32. The molecule has 2 aromatic rings. The number of hydrogen-bond acceptors (Lipinski definition) is 3. The van der Waals surface area contributed by atoms with Gasteiger partial charge in [0.25, 0.3) is 5.91 Å². The molecule has 3 N–H and O–H groups in total. The van der Waals surface area contributed by atoms with Crippen LogP contribution in [0.25, 0.3) is 0 Å². The van der Waals surface area contributed by atoms with Crippen molar-refractivity contribution < 1.29 is 9.90 Å². The second-order valence-electron chi connectivity index (χ2n) is 5.32. The van der Waals surface area contributed by atoms with Gasteiger partial charge >= 0.3 is 0 Å². The van der Waals surface area contributed by atoms with Crippen molar-refractivity contribution in [2.45, 2.75) is 19.9 Å². The molecule has 108 valence electrons. The third-order valence-electron chi connectivity index (χ3n) is 3.84. The minimum atomic E-state index is -0.139. The first-order valence-electron chi connectivity index (χ1n) is 7.07. The predicted octanol–water partition coefficient (Wildman–Crippen LogP) is 2.60. The quantitative estimate of drug-likeness (QED) is 0.793. The molecular formula is C17H18N2O2. The molecule has 1 aliphatic heterocycles. The highest BCUT2D eigenvalue weighted by atomic mass is 16.3. The van der Waals surface area contributed by atoms with E-state index in [1.54, 1.807) is 12.1 Å². The minimum absolute atomic E-state index is 0.139. The fourth-order valence-corrected chi connectivity index (χ4v) is 2.74. The van der Waals surface area contributed by atoms with Crippen molar-refractivity contribution in [2.24, 2.45) is 0 Å². The molecule has 1 heterocycles. The Morgan fingerprint density at radius 1 is 1.29 bits per heavy atom. The number of aryl methyl sites for hydroxylation is 1. The summed E-state index contributed by atoms with van der Waals surface area (Å²) >= 11 is 0. The summed E-state index contributed by atoms with van der Waals surface area (Å²) in [4.78, 5) is 12.4. The molecule has 0 aliphatic carbocycles. The highest BCUT2D eigenvalue weighted by Gasteiger charge is 2.15. The van der Waals surface area contributed by atoms with Crippen LogP contribution in [-0.4, -0.2) is 17.6 Å². The van der Waals surface area contributed by atoms with Gasteiger partial charge < -0.3 is 15.7 Å². The van der Waals surface area contributed by atoms with Crippen LogP contribution in [0.4, 0.5) is 5.69 Å². The zero-order chi connectivity index (χ0) is 14.8. The first-order chi connectivity index (χ1) is 10.1. The first kappa shape index (κ1) is 13.6. The first-order valence-corrected chi connectivity index (χ1v) is 7.07. The Bertz CT molecular complexity index is 695. The van der Waals surface area contributed by atoms with Crippen molar-refractivity contribution >= 4 is 11.6 Å². The average molecular weight is 282 g/mol. The van der Waals surface area contributed by atoms with Crippen molar-refractivity contribution in [3.05, 3.63) is 58.7 Å². The summed E-state index contributed by atoms with van der Waals surface area (Å²) in [5.74, 6) is 0.0339. The molecule has 0 atom stereocenters. The smallest absolute Gasteiger partial charge is 0.255 e. The molecule has 21 heavy (non-hydrogen) atoms. The summed E-state index contributed by atoms with van der Waals surface area (Å²) in [6.07, 6.45) is 0.917. The van der Waals surface area contributed by atoms with Crippen molar-refractivity contribution in [1.29, 1.82) is 0 Å². The molecule has 4 heteroatoms. The van der Waals surface area contributed by atoms with Gasteiger partial charge in [-0.05, 0) is 60.8 Å². The van der Waals surface area contributed by atoms with Crippen LogP contribution in [0.15, 0.2) is 36.4 Å². The van der Waals surface area contributed by atoms with E-state index in [0.717, 1.165) is 30.8 Å². The number of anilines is 1. The van der Waals surface area contributed by atoms with Crippen LogP contribution in [0.5, 0.6) is 5.75 Å². The molecule has 0 saturated carbocycles. The van der Waals surface area contributed by atoms with Crippen LogP contribution in [0.3, 0.4) is 0 Å². The number of phenols is 1. The lowest BCUT2D eigenvalue weighted by Crippen LogP contribution is -2.25. The fourth-order valence-electron chi connectivity index (χ4n) is 2.74. The molecule has 3 rings (SSSR count). The van der Waals surface area contributed by atoms with Crippen LogP contribution >= 0.6 is 0 Å². The van der Waals surface area contributed by atoms with Gasteiger partial charge in [0.1, 0.15) is 5.75 Å². The lowest BCUT2D eigenvalue weighted by atomic mass is 9.98. The van der Waals surface area contributed by atoms with Gasteiger partial charge in [-0.1, -0.05) is 12.1 Å². The summed E-state index contributed by atoms with van der Waals surface area (Å²) in [6, 6.07) is 10.8. The SMILES string of the molecule is Cc1cc(O)ccc1C(=O)Nc1cccc2c1CCNC2. The Kier molecular flexibility index (Phi) is 3.62. The van der Waals surface area contributed by atoms with Crippen LogP contribution in [0.1, 0.15) is 27.0 Å². The number of amides is 1. The third kappa shape index (κ3) is 2.76. The maximum absolute atomic E-state index is 12.4. The van der Waals surface area contributed by atoms with Gasteiger partial charge in [-0.2, -0.15) is 0 Å². The van der Waals surface area contributed by atoms with Gasteiger partial charge in [-0.15, -0.1) is 0 Å². The zero-order valence-electron chi connectivity index (χ0n) is 11.9. The molecule has 4 nitrogen and oxygen atoms in total. The molecule has 1 aliphatic rings. The van der Waals surface area contributed by atoms with Gasteiger partial charge in [0.05, 0.1) is 0 Å². The van der Waals surface area contributed by atoms with Crippen LogP contribution in [0, 0.1) is 6.92 Å².